The number of furan rings is 1. The third kappa shape index (κ3) is 3.12. The molecule has 138 valence electrons. The van der Waals surface area contributed by atoms with Gasteiger partial charge >= 0.3 is 0 Å². The molecular formula is C20H19N3O4. The first-order chi connectivity index (χ1) is 13.0. The molecule has 0 unspecified atom stereocenters. The van der Waals surface area contributed by atoms with Crippen LogP contribution in [0.15, 0.2) is 58.1 Å². The van der Waals surface area contributed by atoms with E-state index in [9.17, 15) is 14.7 Å². The predicted molar refractivity (Wildman–Crippen MR) is 98.6 cm³/mol. The molecule has 2 N–H and O–H groups in total. The van der Waals surface area contributed by atoms with E-state index < -0.39 is 17.1 Å². The summed E-state index contributed by atoms with van der Waals surface area (Å²) in [5.74, 6) is -0.299. The number of aromatic nitrogens is 2. The van der Waals surface area contributed by atoms with Crippen LogP contribution in [0.25, 0.3) is 11.3 Å². The van der Waals surface area contributed by atoms with Crippen LogP contribution in [-0.2, 0) is 12.0 Å². The Balaban J connectivity index is 1.67. The molecule has 0 bridgehead atoms. The van der Waals surface area contributed by atoms with Crippen molar-refractivity contribution >= 4 is 5.91 Å². The Labute approximate surface area is 155 Å². The van der Waals surface area contributed by atoms with Gasteiger partial charge in [0, 0.05) is 18.0 Å². The van der Waals surface area contributed by atoms with Gasteiger partial charge in [-0.25, -0.2) is 0 Å². The minimum absolute atomic E-state index is 0.142. The standard InChI is InChI=1S/C20H19N3O4/c1-21-19(26)17-18(25)15(24)11-23(22-17)12-20(7-8-20)14-5-2-4-13(10-14)16-6-3-9-27-16/h2-6,9-11,24H,7-8,12H2,1H3,(H,21,26). The van der Waals surface area contributed by atoms with Crippen LogP contribution in [0.4, 0.5) is 0 Å². The van der Waals surface area contributed by atoms with Crippen molar-refractivity contribution in [3.8, 4) is 17.1 Å². The number of amides is 1. The van der Waals surface area contributed by atoms with E-state index in [2.05, 4.69) is 22.5 Å². The molecule has 3 aromatic rings. The molecule has 0 aliphatic heterocycles. The van der Waals surface area contributed by atoms with Crippen molar-refractivity contribution in [1.29, 1.82) is 0 Å². The molecule has 0 saturated heterocycles. The predicted octanol–water partition coefficient (Wildman–Crippen LogP) is 2.30. The van der Waals surface area contributed by atoms with Crippen LogP contribution in [0.2, 0.25) is 0 Å². The maximum atomic E-state index is 12.0. The molecule has 1 aliphatic rings. The summed E-state index contributed by atoms with van der Waals surface area (Å²) in [6.45, 7) is 0.465. The molecule has 0 radical (unpaired) electrons. The summed E-state index contributed by atoms with van der Waals surface area (Å²) in [5.41, 5.74) is 0.910. The monoisotopic (exact) mass is 365 g/mol. The maximum absolute atomic E-state index is 12.0. The number of nitrogens with zero attached hydrogens (tertiary/aromatic N) is 2. The van der Waals surface area contributed by atoms with E-state index in [1.54, 1.807) is 6.26 Å². The highest BCUT2D eigenvalue weighted by molar-refractivity contribution is 5.92. The van der Waals surface area contributed by atoms with Gasteiger partial charge in [0.25, 0.3) is 11.3 Å². The molecule has 1 amide bonds. The zero-order chi connectivity index (χ0) is 19.0. The number of rotatable bonds is 5. The number of carbonyl (C=O) groups is 1. The van der Waals surface area contributed by atoms with E-state index in [-0.39, 0.29) is 11.1 Å². The molecule has 2 heterocycles. The third-order valence-corrected chi connectivity index (χ3v) is 4.99. The van der Waals surface area contributed by atoms with E-state index in [4.69, 9.17) is 4.42 Å². The van der Waals surface area contributed by atoms with Gasteiger partial charge in [0.15, 0.2) is 11.4 Å². The van der Waals surface area contributed by atoms with Gasteiger partial charge in [-0.3, -0.25) is 14.3 Å². The largest absolute Gasteiger partial charge is 0.503 e. The summed E-state index contributed by atoms with van der Waals surface area (Å²) >= 11 is 0. The van der Waals surface area contributed by atoms with Gasteiger partial charge < -0.3 is 14.8 Å². The van der Waals surface area contributed by atoms with Crippen LogP contribution in [0.5, 0.6) is 5.75 Å². The van der Waals surface area contributed by atoms with E-state index in [1.807, 2.05) is 24.3 Å². The molecule has 0 spiro atoms. The van der Waals surface area contributed by atoms with Gasteiger partial charge in [-0.05, 0) is 36.6 Å². The molecular weight excluding hydrogens is 346 g/mol. The highest BCUT2D eigenvalue weighted by Crippen LogP contribution is 2.50. The fourth-order valence-electron chi connectivity index (χ4n) is 3.32. The Morgan fingerprint density at radius 2 is 2.15 bits per heavy atom. The van der Waals surface area contributed by atoms with Crippen LogP contribution in [-0.4, -0.2) is 27.8 Å². The first-order valence-electron chi connectivity index (χ1n) is 8.70. The van der Waals surface area contributed by atoms with E-state index >= 15 is 0 Å². The zero-order valence-corrected chi connectivity index (χ0v) is 14.8. The van der Waals surface area contributed by atoms with Gasteiger partial charge in [0.1, 0.15) is 5.76 Å². The smallest absolute Gasteiger partial charge is 0.275 e. The normalized spacial score (nSPS) is 14.7. The highest BCUT2D eigenvalue weighted by Gasteiger charge is 2.45. The fourth-order valence-corrected chi connectivity index (χ4v) is 3.32. The summed E-state index contributed by atoms with van der Waals surface area (Å²) < 4.78 is 6.96. The summed E-state index contributed by atoms with van der Waals surface area (Å²) in [5, 5.41) is 16.4. The first-order valence-corrected chi connectivity index (χ1v) is 8.70. The lowest BCUT2D eigenvalue weighted by molar-refractivity contribution is 0.0953. The zero-order valence-electron chi connectivity index (χ0n) is 14.8. The maximum Gasteiger partial charge on any atom is 0.275 e. The van der Waals surface area contributed by atoms with Crippen molar-refractivity contribution in [2.45, 2.75) is 24.8 Å². The molecule has 27 heavy (non-hydrogen) atoms. The Kier molecular flexibility index (Phi) is 4.07. The second-order valence-corrected chi connectivity index (χ2v) is 6.81. The quantitative estimate of drug-likeness (QED) is 0.723. The number of nitrogens with one attached hydrogen (secondary N) is 1. The van der Waals surface area contributed by atoms with E-state index in [1.165, 1.54) is 17.9 Å². The number of carbonyl (C=O) groups excluding carboxylic acids is 1. The Bertz CT molecular complexity index is 1050. The first kappa shape index (κ1) is 17.1. The van der Waals surface area contributed by atoms with Crippen LogP contribution in [0.3, 0.4) is 0 Å². The summed E-state index contributed by atoms with van der Waals surface area (Å²) in [4.78, 5) is 23.8. The summed E-state index contributed by atoms with van der Waals surface area (Å²) in [6, 6.07) is 11.9. The minimum atomic E-state index is -0.768. The molecule has 0 atom stereocenters. The van der Waals surface area contributed by atoms with Crippen LogP contribution in [0, 0.1) is 0 Å². The third-order valence-electron chi connectivity index (χ3n) is 4.99. The van der Waals surface area contributed by atoms with Gasteiger partial charge in [-0.2, -0.15) is 5.10 Å². The van der Waals surface area contributed by atoms with Gasteiger partial charge in [0.05, 0.1) is 19.0 Å². The number of benzene rings is 1. The van der Waals surface area contributed by atoms with Crippen molar-refractivity contribution in [3.63, 3.8) is 0 Å². The molecule has 1 aromatic carbocycles. The lowest BCUT2D eigenvalue weighted by Crippen LogP contribution is -2.30. The highest BCUT2D eigenvalue weighted by atomic mass is 16.3. The summed E-state index contributed by atoms with van der Waals surface area (Å²) in [7, 11) is 1.42. The van der Waals surface area contributed by atoms with E-state index in [0.29, 0.717) is 6.54 Å². The van der Waals surface area contributed by atoms with E-state index in [0.717, 1.165) is 29.7 Å². The van der Waals surface area contributed by atoms with Gasteiger partial charge in [0.2, 0.25) is 0 Å². The topological polar surface area (TPSA) is 97.4 Å². The molecule has 1 saturated carbocycles. The van der Waals surface area contributed by atoms with Crippen molar-refractivity contribution in [1.82, 2.24) is 15.1 Å². The van der Waals surface area contributed by atoms with Gasteiger partial charge in [-0.15, -0.1) is 0 Å². The van der Waals surface area contributed by atoms with Crippen LogP contribution in [0.1, 0.15) is 28.9 Å². The second kappa shape index (κ2) is 6.42. The Morgan fingerprint density at radius 3 is 2.81 bits per heavy atom. The van der Waals surface area contributed by atoms with Crippen molar-refractivity contribution in [3.05, 3.63) is 70.3 Å². The Morgan fingerprint density at radius 1 is 1.33 bits per heavy atom. The van der Waals surface area contributed by atoms with Crippen molar-refractivity contribution in [2.24, 2.45) is 0 Å². The van der Waals surface area contributed by atoms with Crippen molar-refractivity contribution < 1.29 is 14.3 Å². The number of hydrogen-bond acceptors (Lipinski definition) is 5. The molecule has 2 aromatic heterocycles. The van der Waals surface area contributed by atoms with Crippen molar-refractivity contribution in [2.75, 3.05) is 7.05 Å². The summed E-state index contributed by atoms with van der Waals surface area (Å²) in [6.07, 6.45) is 4.84. The van der Waals surface area contributed by atoms with Crippen LogP contribution >= 0.6 is 0 Å². The SMILES string of the molecule is CNC(=O)c1nn(CC2(c3cccc(-c4ccco4)c3)CC2)cc(O)c1=O. The lowest BCUT2D eigenvalue weighted by atomic mass is 9.94. The average Bonchev–Trinajstić information content (AvgIpc) is 3.25. The second-order valence-electron chi connectivity index (χ2n) is 6.81. The fraction of sp³-hybridized carbons (Fsp3) is 0.250. The Hall–Kier alpha value is -3.35. The molecule has 4 rings (SSSR count). The molecule has 1 fully saturated rings. The molecule has 7 nitrogen and oxygen atoms in total. The average molecular weight is 365 g/mol. The molecule has 7 heteroatoms. The number of hydrogen-bond donors (Lipinski definition) is 2. The van der Waals surface area contributed by atoms with Gasteiger partial charge in [-0.1, -0.05) is 18.2 Å². The lowest BCUT2D eigenvalue weighted by Gasteiger charge is -2.18. The van der Waals surface area contributed by atoms with Crippen LogP contribution < -0.4 is 10.7 Å². The molecule has 1 aliphatic carbocycles. The minimum Gasteiger partial charge on any atom is -0.503 e. The number of aromatic hydroxyl groups is 1.